The SMILES string of the molecule is Cn1ccnc1-c1cccc(Oc2nc(Oc3cc(C(=N)N)ccc3O)c(F)cc2F)c1. The van der Waals surface area contributed by atoms with Crippen molar-refractivity contribution in [3.63, 3.8) is 0 Å². The molecular weight excluding hydrogens is 420 g/mol. The Hall–Kier alpha value is -4.47. The van der Waals surface area contributed by atoms with E-state index in [0.717, 1.165) is 5.56 Å². The monoisotopic (exact) mass is 437 g/mol. The number of halogens is 2. The molecule has 0 atom stereocenters. The van der Waals surface area contributed by atoms with E-state index in [2.05, 4.69) is 9.97 Å². The number of nitrogens with two attached hydrogens (primary N) is 1. The standard InChI is InChI=1S/C22H17F2N5O3/c1-29-8-7-27-20(29)13-3-2-4-14(9-13)31-21-15(23)11-16(24)22(28-21)32-18-10-12(19(25)26)5-6-17(18)30/h2-11,30H,1H3,(H3,25,26). The van der Waals surface area contributed by atoms with Gasteiger partial charge in [-0.25, -0.2) is 13.8 Å². The number of nitrogen functional groups attached to an aromatic ring is 1. The molecule has 10 heteroatoms. The maximum atomic E-state index is 14.3. The van der Waals surface area contributed by atoms with E-state index >= 15 is 0 Å². The van der Waals surface area contributed by atoms with Gasteiger partial charge in [0.05, 0.1) is 0 Å². The minimum Gasteiger partial charge on any atom is -0.504 e. The molecule has 4 N–H and O–H groups in total. The summed E-state index contributed by atoms with van der Waals surface area (Å²) in [5, 5.41) is 17.4. The van der Waals surface area contributed by atoms with Gasteiger partial charge in [-0.3, -0.25) is 5.41 Å². The fourth-order valence-electron chi connectivity index (χ4n) is 2.90. The average Bonchev–Trinajstić information content (AvgIpc) is 3.19. The first-order valence-electron chi connectivity index (χ1n) is 9.28. The van der Waals surface area contributed by atoms with Crippen molar-refractivity contribution >= 4 is 5.84 Å². The molecule has 0 aliphatic heterocycles. The number of nitrogens with zero attached hydrogens (tertiary/aromatic N) is 3. The smallest absolute Gasteiger partial charge is 0.259 e. The van der Waals surface area contributed by atoms with Crippen LogP contribution >= 0.6 is 0 Å². The molecule has 2 aromatic heterocycles. The number of aromatic nitrogens is 3. The Balaban J connectivity index is 1.65. The number of aryl methyl sites for hydroxylation is 1. The van der Waals surface area contributed by atoms with Crippen LogP contribution in [-0.2, 0) is 7.05 Å². The normalized spacial score (nSPS) is 10.7. The molecule has 2 heterocycles. The number of amidine groups is 1. The summed E-state index contributed by atoms with van der Waals surface area (Å²) in [4.78, 5) is 8.03. The molecule has 4 aromatic rings. The highest BCUT2D eigenvalue weighted by Crippen LogP contribution is 2.34. The predicted octanol–water partition coefficient (Wildman–Crippen LogP) is 4.33. The minimum atomic E-state index is -1.11. The largest absolute Gasteiger partial charge is 0.504 e. The molecule has 0 radical (unpaired) electrons. The van der Waals surface area contributed by atoms with E-state index in [1.807, 2.05) is 17.7 Å². The Bertz CT molecular complexity index is 1320. The summed E-state index contributed by atoms with van der Waals surface area (Å²) in [7, 11) is 1.83. The number of phenolic OH excluding ortho intramolecular Hbond substituents is 1. The maximum Gasteiger partial charge on any atom is 0.259 e. The van der Waals surface area contributed by atoms with Gasteiger partial charge in [0.1, 0.15) is 17.4 Å². The maximum absolute atomic E-state index is 14.3. The van der Waals surface area contributed by atoms with Crippen LogP contribution in [0.5, 0.6) is 29.0 Å². The lowest BCUT2D eigenvalue weighted by Crippen LogP contribution is -2.10. The summed E-state index contributed by atoms with van der Waals surface area (Å²) >= 11 is 0. The fourth-order valence-corrected chi connectivity index (χ4v) is 2.90. The lowest BCUT2D eigenvalue weighted by atomic mass is 10.2. The molecule has 162 valence electrons. The molecule has 8 nitrogen and oxygen atoms in total. The Morgan fingerprint density at radius 1 is 1.06 bits per heavy atom. The Morgan fingerprint density at radius 3 is 2.50 bits per heavy atom. The molecule has 0 aliphatic rings. The molecule has 0 saturated carbocycles. The van der Waals surface area contributed by atoms with Gasteiger partial charge in [-0.05, 0) is 30.3 Å². The van der Waals surface area contributed by atoms with Crippen LogP contribution in [-0.4, -0.2) is 25.5 Å². The number of pyridine rings is 1. The average molecular weight is 437 g/mol. The number of hydrogen-bond acceptors (Lipinski definition) is 6. The van der Waals surface area contributed by atoms with Crippen LogP contribution in [0, 0.1) is 17.0 Å². The minimum absolute atomic E-state index is 0.210. The Morgan fingerprint density at radius 2 is 1.81 bits per heavy atom. The molecule has 0 unspecified atom stereocenters. The summed E-state index contributed by atoms with van der Waals surface area (Å²) in [6, 6.07) is 11.1. The second-order valence-corrected chi connectivity index (χ2v) is 6.75. The third-order valence-electron chi connectivity index (χ3n) is 4.47. The van der Waals surface area contributed by atoms with Crippen molar-refractivity contribution in [1.82, 2.24) is 14.5 Å². The number of ether oxygens (including phenoxy) is 2. The van der Waals surface area contributed by atoms with Gasteiger partial charge in [-0.15, -0.1) is 0 Å². The van der Waals surface area contributed by atoms with E-state index in [9.17, 15) is 13.9 Å². The lowest BCUT2D eigenvalue weighted by molar-refractivity contribution is 0.361. The number of phenols is 1. The summed E-state index contributed by atoms with van der Waals surface area (Å²) in [6.07, 6.45) is 3.42. The molecule has 32 heavy (non-hydrogen) atoms. The number of imidazole rings is 1. The zero-order valence-corrected chi connectivity index (χ0v) is 16.7. The third kappa shape index (κ3) is 4.19. The van der Waals surface area contributed by atoms with Crippen molar-refractivity contribution in [2.24, 2.45) is 12.8 Å². The molecular formula is C22H17F2N5O3. The van der Waals surface area contributed by atoms with E-state index in [-0.39, 0.29) is 28.6 Å². The fraction of sp³-hybridized carbons (Fsp3) is 0.0455. The second-order valence-electron chi connectivity index (χ2n) is 6.75. The van der Waals surface area contributed by atoms with Gasteiger partial charge in [-0.1, -0.05) is 12.1 Å². The van der Waals surface area contributed by atoms with Gasteiger partial charge in [0.15, 0.2) is 23.1 Å². The summed E-state index contributed by atoms with van der Waals surface area (Å²) in [5.74, 6) is -3.21. The van der Waals surface area contributed by atoms with Gasteiger partial charge in [0.25, 0.3) is 11.8 Å². The molecule has 4 rings (SSSR count). The number of nitrogens with one attached hydrogen (secondary N) is 1. The highest BCUT2D eigenvalue weighted by atomic mass is 19.1. The first-order valence-corrected chi connectivity index (χ1v) is 9.28. The van der Waals surface area contributed by atoms with E-state index in [1.54, 1.807) is 30.6 Å². The first kappa shape index (κ1) is 20.8. The topological polar surface area (TPSA) is 119 Å². The van der Waals surface area contributed by atoms with Crippen molar-refractivity contribution in [2.75, 3.05) is 0 Å². The Kier molecular flexibility index (Phi) is 5.42. The number of hydrogen-bond donors (Lipinski definition) is 3. The highest BCUT2D eigenvalue weighted by Gasteiger charge is 2.18. The van der Waals surface area contributed by atoms with E-state index in [1.165, 1.54) is 18.2 Å². The van der Waals surface area contributed by atoms with Crippen molar-refractivity contribution < 1.29 is 23.4 Å². The molecule has 0 fully saturated rings. The zero-order valence-electron chi connectivity index (χ0n) is 16.7. The van der Waals surface area contributed by atoms with Crippen LogP contribution in [0.25, 0.3) is 11.4 Å². The molecule has 2 aromatic carbocycles. The second kappa shape index (κ2) is 8.34. The van der Waals surface area contributed by atoms with Gasteiger partial charge in [0, 0.05) is 36.6 Å². The summed E-state index contributed by atoms with van der Waals surface area (Å²) < 4.78 is 41.3. The summed E-state index contributed by atoms with van der Waals surface area (Å²) in [6.45, 7) is 0. The van der Waals surface area contributed by atoms with Gasteiger partial charge in [-0.2, -0.15) is 4.98 Å². The molecule has 0 bridgehead atoms. The predicted molar refractivity (Wildman–Crippen MR) is 112 cm³/mol. The van der Waals surface area contributed by atoms with Crippen molar-refractivity contribution in [1.29, 1.82) is 5.41 Å². The van der Waals surface area contributed by atoms with Crippen LogP contribution in [0.4, 0.5) is 8.78 Å². The van der Waals surface area contributed by atoms with Crippen LogP contribution in [0.2, 0.25) is 0 Å². The zero-order chi connectivity index (χ0) is 22.8. The molecule has 0 spiro atoms. The lowest BCUT2D eigenvalue weighted by Gasteiger charge is -2.12. The van der Waals surface area contributed by atoms with Crippen molar-refractivity contribution in [3.8, 4) is 40.4 Å². The van der Waals surface area contributed by atoms with Crippen LogP contribution < -0.4 is 15.2 Å². The molecule has 0 aliphatic carbocycles. The van der Waals surface area contributed by atoms with E-state index in [0.29, 0.717) is 11.9 Å². The number of aromatic hydroxyl groups is 1. The molecule has 0 amide bonds. The number of benzene rings is 2. The van der Waals surface area contributed by atoms with Crippen LogP contribution in [0.3, 0.4) is 0 Å². The summed E-state index contributed by atoms with van der Waals surface area (Å²) in [5.41, 5.74) is 6.38. The first-order chi connectivity index (χ1) is 15.3. The van der Waals surface area contributed by atoms with E-state index < -0.39 is 23.4 Å². The van der Waals surface area contributed by atoms with E-state index in [4.69, 9.17) is 20.6 Å². The highest BCUT2D eigenvalue weighted by molar-refractivity contribution is 5.95. The van der Waals surface area contributed by atoms with Gasteiger partial charge >= 0.3 is 0 Å². The quantitative estimate of drug-likeness (QED) is 0.305. The van der Waals surface area contributed by atoms with Crippen LogP contribution in [0.15, 0.2) is 60.9 Å². The van der Waals surface area contributed by atoms with Crippen molar-refractivity contribution in [3.05, 3.63) is 78.1 Å². The Labute approximate surface area is 181 Å². The number of rotatable bonds is 6. The van der Waals surface area contributed by atoms with Gasteiger partial charge in [0.2, 0.25) is 0 Å². The van der Waals surface area contributed by atoms with Gasteiger partial charge < -0.3 is 24.9 Å². The molecule has 0 saturated heterocycles. The van der Waals surface area contributed by atoms with Crippen LogP contribution in [0.1, 0.15) is 5.56 Å². The van der Waals surface area contributed by atoms with Crippen molar-refractivity contribution in [2.45, 2.75) is 0 Å². The third-order valence-corrected chi connectivity index (χ3v) is 4.47.